The van der Waals surface area contributed by atoms with Crippen molar-refractivity contribution in [1.82, 2.24) is 0 Å². The summed E-state index contributed by atoms with van der Waals surface area (Å²) in [7, 11) is -2.24. The van der Waals surface area contributed by atoms with E-state index >= 15 is 0 Å². The Balaban J connectivity index is 2.27. The van der Waals surface area contributed by atoms with Crippen molar-refractivity contribution in [3.8, 4) is 0 Å². The zero-order chi connectivity index (χ0) is 20.4. The van der Waals surface area contributed by atoms with Gasteiger partial charge in [0.15, 0.2) is 20.9 Å². The Labute approximate surface area is 161 Å². The maximum Gasteiger partial charge on any atom is 0.195 e. The van der Waals surface area contributed by atoms with Gasteiger partial charge < -0.3 is 34.3 Å². The van der Waals surface area contributed by atoms with E-state index in [0.717, 1.165) is 5.56 Å². The summed E-state index contributed by atoms with van der Waals surface area (Å²) in [6.07, 6.45) is -7.51. The molecule has 2 unspecified atom stereocenters. The Morgan fingerprint density at radius 1 is 1.04 bits per heavy atom. The first kappa shape index (κ1) is 22.4. The molecule has 0 saturated carbocycles. The molecule has 0 aliphatic carbocycles. The predicted octanol–water partition coefficient (Wildman–Crippen LogP) is 1.52. The highest BCUT2D eigenvalue weighted by Gasteiger charge is 2.46. The quantitative estimate of drug-likeness (QED) is 0.423. The minimum Gasteiger partial charge on any atom is -0.394 e. The van der Waals surface area contributed by atoms with Crippen molar-refractivity contribution in [2.45, 2.75) is 75.9 Å². The lowest BCUT2D eigenvalue weighted by molar-refractivity contribution is -0.331. The van der Waals surface area contributed by atoms with Gasteiger partial charge in [-0.05, 0) is 18.1 Å². The molecule has 2 rings (SSSR count). The fourth-order valence-electron chi connectivity index (χ4n) is 2.53. The monoisotopic (exact) mass is 400 g/mol. The van der Waals surface area contributed by atoms with Crippen LogP contribution >= 0.6 is 0 Å². The number of aliphatic hydroxyl groups is 4. The van der Waals surface area contributed by atoms with Crippen molar-refractivity contribution in [3.05, 3.63) is 35.9 Å². The first-order valence-corrected chi connectivity index (χ1v) is 12.1. The maximum absolute atomic E-state index is 10.3. The van der Waals surface area contributed by atoms with Gasteiger partial charge in [0.05, 0.1) is 6.61 Å². The van der Waals surface area contributed by atoms with Crippen LogP contribution in [0.2, 0.25) is 18.1 Å². The molecule has 0 bridgehead atoms. The number of ether oxygens (including phenoxy) is 2. The lowest BCUT2D eigenvalue weighted by Crippen LogP contribution is -2.59. The number of hydrogen-bond donors (Lipinski definition) is 4. The second kappa shape index (κ2) is 8.67. The van der Waals surface area contributed by atoms with E-state index in [0.29, 0.717) is 0 Å². The molecule has 0 aromatic heterocycles. The van der Waals surface area contributed by atoms with Crippen LogP contribution in [-0.4, -0.2) is 66.1 Å². The summed E-state index contributed by atoms with van der Waals surface area (Å²) in [4.78, 5) is 0. The van der Waals surface area contributed by atoms with E-state index in [1.807, 2.05) is 30.3 Å². The van der Waals surface area contributed by atoms with Gasteiger partial charge in [0.25, 0.3) is 0 Å². The minimum absolute atomic E-state index is 0.0707. The Morgan fingerprint density at radius 3 is 2.15 bits per heavy atom. The van der Waals surface area contributed by atoms with Crippen LogP contribution < -0.4 is 0 Å². The summed E-state index contributed by atoms with van der Waals surface area (Å²) in [5, 5.41) is 39.5. The molecule has 0 radical (unpaired) electrons. The molecule has 1 heterocycles. The van der Waals surface area contributed by atoms with Crippen LogP contribution in [0.15, 0.2) is 30.3 Å². The molecular weight excluding hydrogens is 368 g/mol. The maximum atomic E-state index is 10.3. The first-order chi connectivity index (χ1) is 12.5. The van der Waals surface area contributed by atoms with Crippen molar-refractivity contribution in [1.29, 1.82) is 0 Å². The van der Waals surface area contributed by atoms with Crippen LogP contribution in [0, 0.1) is 0 Å². The second-order valence-corrected chi connectivity index (χ2v) is 13.2. The van der Waals surface area contributed by atoms with Gasteiger partial charge in [-0.3, -0.25) is 0 Å². The molecule has 1 aliphatic heterocycles. The molecule has 1 aromatic carbocycles. The van der Waals surface area contributed by atoms with E-state index in [4.69, 9.17) is 13.9 Å². The molecule has 6 atom stereocenters. The second-order valence-electron chi connectivity index (χ2n) is 8.45. The van der Waals surface area contributed by atoms with E-state index in [1.54, 1.807) is 0 Å². The molecule has 27 heavy (non-hydrogen) atoms. The number of benzene rings is 1. The smallest absolute Gasteiger partial charge is 0.195 e. The highest BCUT2D eigenvalue weighted by Crippen LogP contribution is 2.40. The Kier molecular flexibility index (Phi) is 7.20. The summed E-state index contributed by atoms with van der Waals surface area (Å²) in [5.41, 5.74) is 0.749. The van der Waals surface area contributed by atoms with E-state index in [-0.39, 0.29) is 5.04 Å². The van der Waals surface area contributed by atoms with E-state index in [9.17, 15) is 20.4 Å². The number of rotatable bonds is 6. The topological polar surface area (TPSA) is 109 Å². The van der Waals surface area contributed by atoms with Gasteiger partial charge in [-0.25, -0.2) is 0 Å². The van der Waals surface area contributed by atoms with E-state index < -0.39 is 51.9 Å². The Morgan fingerprint density at radius 2 is 1.63 bits per heavy atom. The lowest BCUT2D eigenvalue weighted by atomic mass is 9.99. The number of aliphatic hydroxyl groups excluding tert-OH is 4. The zero-order valence-electron chi connectivity index (χ0n) is 16.6. The molecule has 0 amide bonds. The van der Waals surface area contributed by atoms with Crippen LogP contribution in [-0.2, 0) is 13.9 Å². The van der Waals surface area contributed by atoms with Crippen molar-refractivity contribution in [3.63, 3.8) is 0 Å². The normalized spacial score (nSPS) is 30.9. The largest absolute Gasteiger partial charge is 0.394 e. The molecule has 4 N–H and O–H groups in total. The third-order valence-corrected chi connectivity index (χ3v) is 9.80. The molecule has 1 saturated heterocycles. The summed E-state index contributed by atoms with van der Waals surface area (Å²) >= 11 is 0. The zero-order valence-corrected chi connectivity index (χ0v) is 17.6. The van der Waals surface area contributed by atoms with Crippen LogP contribution in [0.3, 0.4) is 0 Å². The van der Waals surface area contributed by atoms with Crippen molar-refractivity contribution in [2.75, 3.05) is 6.61 Å². The molecular formula is C19H32O7Si. The Hall–Kier alpha value is -0.843. The van der Waals surface area contributed by atoms with Gasteiger partial charge >= 0.3 is 0 Å². The van der Waals surface area contributed by atoms with Crippen LogP contribution in [0.4, 0.5) is 0 Å². The summed E-state index contributed by atoms with van der Waals surface area (Å²) in [6.45, 7) is 9.97. The molecule has 1 aliphatic rings. The van der Waals surface area contributed by atoms with Gasteiger partial charge in [-0.1, -0.05) is 51.1 Å². The fourth-order valence-corrected chi connectivity index (χ4v) is 3.61. The van der Waals surface area contributed by atoms with E-state index in [1.165, 1.54) is 0 Å². The third-order valence-electron chi connectivity index (χ3n) is 5.39. The van der Waals surface area contributed by atoms with Gasteiger partial charge in [0.1, 0.15) is 24.4 Å². The number of hydrogen-bond acceptors (Lipinski definition) is 7. The van der Waals surface area contributed by atoms with Gasteiger partial charge in [-0.2, -0.15) is 0 Å². The Bertz CT molecular complexity index is 587. The van der Waals surface area contributed by atoms with Crippen LogP contribution in [0.25, 0.3) is 0 Å². The molecule has 8 heteroatoms. The predicted molar refractivity (Wildman–Crippen MR) is 102 cm³/mol. The standard InChI is InChI=1S/C19H32O7Si/c1-19(2,3)27(4,5)26-17(12-9-7-6-8-10-12)25-18-16(23)15(22)14(21)13(11-20)24-18/h6-10,13-18,20-23H,11H2,1-5H3/t13-,14-,15+,16-,17?,18?/m1/s1. The van der Waals surface area contributed by atoms with Crippen LogP contribution in [0.5, 0.6) is 0 Å². The SMILES string of the molecule is CC(C)(C)[Si](C)(C)OC(OC1O[C@H](CO)[C@@H](O)[C@H](O)[C@H]1O)c1ccccc1. The van der Waals surface area contributed by atoms with Crippen molar-refractivity contribution < 1.29 is 34.3 Å². The van der Waals surface area contributed by atoms with Crippen LogP contribution in [0.1, 0.15) is 32.6 Å². The highest BCUT2D eigenvalue weighted by atomic mass is 28.4. The first-order valence-electron chi connectivity index (χ1n) is 9.16. The molecule has 154 valence electrons. The average molecular weight is 401 g/mol. The third kappa shape index (κ3) is 5.15. The highest BCUT2D eigenvalue weighted by molar-refractivity contribution is 6.74. The van der Waals surface area contributed by atoms with Gasteiger partial charge in [-0.15, -0.1) is 0 Å². The molecule has 0 spiro atoms. The molecule has 7 nitrogen and oxygen atoms in total. The van der Waals surface area contributed by atoms with Crippen molar-refractivity contribution >= 4 is 8.32 Å². The van der Waals surface area contributed by atoms with E-state index in [2.05, 4.69) is 33.9 Å². The lowest BCUT2D eigenvalue weighted by Gasteiger charge is -2.43. The molecule has 1 fully saturated rings. The summed E-state index contributed by atoms with van der Waals surface area (Å²) in [6, 6.07) is 9.28. The van der Waals surface area contributed by atoms with Gasteiger partial charge in [0, 0.05) is 5.56 Å². The summed E-state index contributed by atoms with van der Waals surface area (Å²) in [5.74, 6) is 0. The average Bonchev–Trinajstić information content (AvgIpc) is 2.61. The fraction of sp³-hybridized carbons (Fsp3) is 0.684. The van der Waals surface area contributed by atoms with Crippen molar-refractivity contribution in [2.24, 2.45) is 0 Å². The minimum atomic E-state index is -2.24. The molecule has 1 aromatic rings. The summed E-state index contributed by atoms with van der Waals surface area (Å²) < 4.78 is 17.8. The van der Waals surface area contributed by atoms with Gasteiger partial charge in [0.2, 0.25) is 0 Å².